The van der Waals surface area contributed by atoms with Crippen molar-refractivity contribution in [1.82, 2.24) is 0 Å². The van der Waals surface area contributed by atoms with Crippen LogP contribution in [0.5, 0.6) is 0 Å². The summed E-state index contributed by atoms with van der Waals surface area (Å²) >= 11 is 0. The second-order valence-electron chi connectivity index (χ2n) is 19.4. The van der Waals surface area contributed by atoms with Crippen LogP contribution in [-0.2, 0) is 10.8 Å². The molecule has 0 saturated heterocycles. The van der Waals surface area contributed by atoms with Crippen molar-refractivity contribution in [1.29, 1.82) is 0 Å². The van der Waals surface area contributed by atoms with Gasteiger partial charge in [0, 0.05) is 27.9 Å². The fraction of sp³-hybridized carbons (Fsp3) is 0.226. The molecule has 1 saturated carbocycles. The number of anilines is 3. The van der Waals surface area contributed by atoms with Crippen LogP contribution in [0.25, 0.3) is 55.6 Å². The highest BCUT2D eigenvalue weighted by atomic mass is 15.1. The molecule has 0 bridgehead atoms. The fourth-order valence-corrected chi connectivity index (χ4v) is 11.5. The first kappa shape index (κ1) is 39.4. The lowest BCUT2D eigenvalue weighted by Crippen LogP contribution is -2.16. The summed E-state index contributed by atoms with van der Waals surface area (Å²) in [6.45, 7) is 9.58. The van der Waals surface area contributed by atoms with Gasteiger partial charge in [0.25, 0.3) is 0 Å². The predicted molar refractivity (Wildman–Crippen MR) is 268 cm³/mol. The van der Waals surface area contributed by atoms with Crippen LogP contribution >= 0.6 is 0 Å². The Bertz CT molecular complexity index is 2940. The van der Waals surface area contributed by atoms with Crippen LogP contribution < -0.4 is 4.90 Å². The van der Waals surface area contributed by atoms with Crippen molar-refractivity contribution in [2.24, 2.45) is 0 Å². The van der Waals surface area contributed by atoms with E-state index in [-0.39, 0.29) is 10.8 Å². The zero-order valence-corrected chi connectivity index (χ0v) is 37.3. The van der Waals surface area contributed by atoms with Crippen LogP contribution in [0.3, 0.4) is 0 Å². The van der Waals surface area contributed by atoms with E-state index in [1.54, 1.807) is 0 Å². The molecule has 0 unspecified atom stereocenters. The minimum absolute atomic E-state index is 0.0504. The Morgan fingerprint density at radius 2 is 0.778 bits per heavy atom. The number of rotatable bonds is 7. The zero-order chi connectivity index (χ0) is 42.7. The van der Waals surface area contributed by atoms with Crippen LogP contribution in [0.2, 0.25) is 0 Å². The normalized spacial score (nSPS) is 16.0. The monoisotopic (exact) mass is 815 g/mol. The van der Waals surface area contributed by atoms with Crippen LogP contribution in [-0.4, -0.2) is 0 Å². The van der Waals surface area contributed by atoms with Crippen molar-refractivity contribution in [2.75, 3.05) is 4.90 Å². The molecule has 11 rings (SSSR count). The largest absolute Gasteiger partial charge is 0.310 e. The summed E-state index contributed by atoms with van der Waals surface area (Å²) < 4.78 is 0. The van der Waals surface area contributed by atoms with Gasteiger partial charge in [-0.25, -0.2) is 0 Å². The molecule has 0 radical (unpaired) electrons. The summed E-state index contributed by atoms with van der Waals surface area (Å²) in [5, 5.41) is 0. The Labute approximate surface area is 375 Å². The van der Waals surface area contributed by atoms with Gasteiger partial charge in [-0.2, -0.15) is 0 Å². The molecule has 1 heteroatoms. The summed E-state index contributed by atoms with van der Waals surface area (Å²) in [5.74, 6) is 0.698. The summed E-state index contributed by atoms with van der Waals surface area (Å²) in [7, 11) is 0. The van der Waals surface area contributed by atoms with Gasteiger partial charge in [-0.05, 0) is 139 Å². The van der Waals surface area contributed by atoms with Crippen molar-refractivity contribution >= 4 is 17.1 Å². The second-order valence-corrected chi connectivity index (χ2v) is 19.4. The molecule has 0 amide bonds. The van der Waals surface area contributed by atoms with Gasteiger partial charge in [-0.3, -0.25) is 0 Å². The number of benzene rings is 8. The van der Waals surface area contributed by atoms with E-state index in [9.17, 15) is 0 Å². The molecule has 0 spiro atoms. The topological polar surface area (TPSA) is 3.24 Å². The van der Waals surface area contributed by atoms with E-state index in [0.29, 0.717) is 5.92 Å². The van der Waals surface area contributed by atoms with E-state index in [1.165, 1.54) is 128 Å². The molecular formula is C62H57N. The van der Waals surface area contributed by atoms with Gasteiger partial charge in [-0.15, -0.1) is 0 Å². The maximum Gasteiger partial charge on any atom is 0.0465 e. The van der Waals surface area contributed by atoms with Crippen LogP contribution in [0.15, 0.2) is 182 Å². The van der Waals surface area contributed by atoms with E-state index >= 15 is 0 Å². The number of fused-ring (bicyclic) bond motifs is 6. The molecule has 0 N–H and O–H groups in total. The van der Waals surface area contributed by atoms with Gasteiger partial charge in [0.15, 0.2) is 0 Å². The Morgan fingerprint density at radius 3 is 1.37 bits per heavy atom. The van der Waals surface area contributed by atoms with Crippen LogP contribution in [0.4, 0.5) is 17.1 Å². The smallest absolute Gasteiger partial charge is 0.0465 e. The lowest BCUT2D eigenvalue weighted by atomic mass is 9.80. The summed E-state index contributed by atoms with van der Waals surface area (Å²) in [4.78, 5) is 2.44. The summed E-state index contributed by atoms with van der Waals surface area (Å²) in [6, 6.07) is 68.7. The molecule has 8 aromatic rings. The highest BCUT2D eigenvalue weighted by Gasteiger charge is 2.40. The van der Waals surface area contributed by atoms with Crippen LogP contribution in [0, 0.1) is 0 Å². The average molecular weight is 816 g/mol. The van der Waals surface area contributed by atoms with Gasteiger partial charge < -0.3 is 4.90 Å². The van der Waals surface area contributed by atoms with Crippen molar-refractivity contribution in [3.05, 3.63) is 210 Å². The molecule has 0 aliphatic heterocycles. The summed E-state index contributed by atoms with van der Waals surface area (Å²) in [6.07, 6.45) is 9.55. The molecule has 1 fully saturated rings. The Morgan fingerprint density at radius 1 is 0.349 bits per heavy atom. The number of hydrogen-bond acceptors (Lipinski definition) is 1. The molecule has 3 aliphatic rings. The number of nitrogens with zero attached hydrogens (tertiary/aromatic N) is 1. The molecule has 8 aromatic carbocycles. The first-order chi connectivity index (χ1) is 30.8. The Kier molecular flexibility index (Phi) is 9.84. The van der Waals surface area contributed by atoms with Crippen LogP contribution in [0.1, 0.15) is 106 Å². The first-order valence-corrected chi connectivity index (χ1v) is 23.5. The molecule has 0 heterocycles. The lowest BCUT2D eigenvalue weighted by Gasteiger charge is -2.28. The third-order valence-electron chi connectivity index (χ3n) is 15.0. The van der Waals surface area contributed by atoms with Gasteiger partial charge in [0.2, 0.25) is 0 Å². The maximum absolute atomic E-state index is 2.47. The second kappa shape index (κ2) is 15.7. The quantitative estimate of drug-likeness (QED) is 0.155. The third kappa shape index (κ3) is 6.76. The Balaban J connectivity index is 0.989. The molecule has 3 aliphatic carbocycles. The van der Waals surface area contributed by atoms with Crippen molar-refractivity contribution in [3.63, 3.8) is 0 Å². The molecule has 0 atom stereocenters. The maximum atomic E-state index is 2.47. The van der Waals surface area contributed by atoms with Crippen molar-refractivity contribution in [3.8, 4) is 55.6 Å². The van der Waals surface area contributed by atoms with E-state index in [4.69, 9.17) is 0 Å². The summed E-state index contributed by atoms with van der Waals surface area (Å²) in [5.41, 5.74) is 23.3. The molecule has 310 valence electrons. The Hall–Kier alpha value is -6.44. The zero-order valence-electron chi connectivity index (χ0n) is 37.3. The minimum Gasteiger partial charge on any atom is -0.310 e. The van der Waals surface area contributed by atoms with Gasteiger partial charge in [-0.1, -0.05) is 205 Å². The lowest BCUT2D eigenvalue weighted by molar-refractivity contribution is 0.455. The minimum atomic E-state index is -0.194. The van der Waals surface area contributed by atoms with Crippen molar-refractivity contribution in [2.45, 2.75) is 89.4 Å². The van der Waals surface area contributed by atoms with Crippen molar-refractivity contribution < 1.29 is 0 Å². The molecule has 63 heavy (non-hydrogen) atoms. The average Bonchev–Trinajstić information content (AvgIpc) is 3.69. The van der Waals surface area contributed by atoms with Gasteiger partial charge >= 0.3 is 0 Å². The standard InChI is InChI=1S/C62H57N/c1-61(2)55-24-14-13-21-53(55)59-51(22-15-25-56(59)61)52-23-16-26-57-60(52)54-40-39-50(41-58(54)62(57,3)4)63(48-35-31-46(32-36-48)43-19-11-8-12-20-43)49-37-33-47(34-38-49)45-29-27-44(28-30-45)42-17-9-6-5-7-10-18-42/h8,11-16,19-42H,5-7,9-10,17-18H2,1-4H3. The molecule has 0 aromatic heterocycles. The fourth-order valence-electron chi connectivity index (χ4n) is 11.5. The van der Waals surface area contributed by atoms with Gasteiger partial charge in [0.05, 0.1) is 0 Å². The van der Waals surface area contributed by atoms with E-state index in [0.717, 1.165) is 17.1 Å². The molecule has 1 nitrogen and oxygen atoms in total. The van der Waals surface area contributed by atoms with E-state index in [2.05, 4.69) is 215 Å². The third-order valence-corrected chi connectivity index (χ3v) is 15.0. The number of hydrogen-bond donors (Lipinski definition) is 0. The van der Waals surface area contributed by atoms with Gasteiger partial charge in [0.1, 0.15) is 0 Å². The molecular weight excluding hydrogens is 759 g/mol. The predicted octanol–water partition coefficient (Wildman–Crippen LogP) is 17.6. The van der Waals surface area contributed by atoms with E-state index in [1.807, 2.05) is 0 Å². The van der Waals surface area contributed by atoms with E-state index < -0.39 is 0 Å². The highest BCUT2D eigenvalue weighted by Crippen LogP contribution is 2.57. The highest BCUT2D eigenvalue weighted by molar-refractivity contribution is 6.00. The SMILES string of the molecule is CC1(C)c2ccccc2-c2c(-c3cccc4c3-c3ccc(N(c5ccc(-c6ccccc6)cc5)c5ccc(-c6ccc(C7CCCCCCC7)cc6)cc5)cc3C4(C)C)cccc21. The first-order valence-electron chi connectivity index (χ1n) is 23.5.